The highest BCUT2D eigenvalue weighted by Crippen LogP contribution is 2.19. The van der Waals surface area contributed by atoms with Crippen molar-refractivity contribution < 1.29 is 0 Å². The Hall–Kier alpha value is -0.310. The van der Waals surface area contributed by atoms with Gasteiger partial charge in [0.2, 0.25) is 0 Å². The molecule has 0 spiro atoms. The molecule has 1 aliphatic rings. The van der Waals surface area contributed by atoms with Crippen molar-refractivity contribution in [3.05, 3.63) is 34.0 Å². The van der Waals surface area contributed by atoms with Crippen molar-refractivity contribution in [2.75, 3.05) is 13.1 Å². The van der Waals surface area contributed by atoms with Crippen molar-refractivity contribution in [1.82, 2.24) is 4.42 Å². The van der Waals surface area contributed by atoms with Gasteiger partial charge in [0.25, 0.3) is 0 Å². The largest absolute Gasteiger partial charge is 0.216 e. The van der Waals surface area contributed by atoms with Gasteiger partial charge in [-0.25, -0.2) is 4.42 Å². The quantitative estimate of drug-likeness (QED) is 0.539. The molecule has 0 aliphatic carbocycles. The average Bonchev–Trinajstić information content (AvgIpc) is 2.62. The number of hydrogen-bond donors (Lipinski definition) is 0. The van der Waals surface area contributed by atoms with Crippen LogP contribution >= 0.6 is 23.1 Å². The number of rotatable bonds is 2. The maximum Gasteiger partial charge on any atom is 0.0322 e. The fraction of sp³-hybridized carbons (Fsp3) is 0.400. The molecule has 0 atom stereocenters. The van der Waals surface area contributed by atoms with E-state index < -0.39 is 0 Å². The lowest BCUT2D eigenvalue weighted by atomic mass is 10.1. The van der Waals surface area contributed by atoms with E-state index in [9.17, 15) is 0 Å². The Morgan fingerprint density at radius 2 is 2.46 bits per heavy atom. The summed E-state index contributed by atoms with van der Waals surface area (Å²) in [5.41, 5.74) is 1.53. The summed E-state index contributed by atoms with van der Waals surface area (Å²) in [4.78, 5) is 1.45. The molecule has 1 aromatic rings. The van der Waals surface area contributed by atoms with Crippen LogP contribution in [0.4, 0.5) is 0 Å². The maximum absolute atomic E-state index is 5.86. The van der Waals surface area contributed by atoms with Gasteiger partial charge in [-0.15, -0.1) is 11.3 Å². The molecule has 2 rings (SSSR count). The van der Waals surface area contributed by atoms with Crippen molar-refractivity contribution in [3.63, 3.8) is 0 Å². The molecule has 0 radical (unpaired) electrons. The predicted octanol–water partition coefficient (Wildman–Crippen LogP) is 3.08. The number of thiophene rings is 1. The van der Waals surface area contributed by atoms with Crippen LogP contribution in [-0.4, -0.2) is 17.5 Å². The van der Waals surface area contributed by atoms with Gasteiger partial charge in [0, 0.05) is 24.4 Å². The summed E-state index contributed by atoms with van der Waals surface area (Å²) in [5, 5.41) is 2.13. The van der Waals surface area contributed by atoms with Crippen molar-refractivity contribution in [2.24, 2.45) is 0 Å². The summed E-state index contributed by atoms with van der Waals surface area (Å²) in [6.45, 7) is 1.88. The Balaban J connectivity index is 1.96. The van der Waals surface area contributed by atoms with Gasteiger partial charge in [0.15, 0.2) is 0 Å². The molecular weight excluding hydrogens is 202 g/mol. The van der Waals surface area contributed by atoms with Crippen LogP contribution in [0, 0.1) is 0 Å². The molecule has 0 amide bonds. The van der Waals surface area contributed by atoms with Crippen molar-refractivity contribution in [1.29, 1.82) is 0 Å². The van der Waals surface area contributed by atoms with Gasteiger partial charge in [-0.2, -0.15) is 0 Å². The molecule has 3 heteroatoms. The number of halogens is 1. The Morgan fingerprint density at radius 1 is 1.54 bits per heavy atom. The maximum atomic E-state index is 5.86. The van der Waals surface area contributed by atoms with Gasteiger partial charge in [0.1, 0.15) is 0 Å². The molecule has 1 aromatic heterocycles. The van der Waals surface area contributed by atoms with E-state index in [1.165, 1.54) is 10.5 Å². The van der Waals surface area contributed by atoms with Crippen LogP contribution < -0.4 is 0 Å². The highest BCUT2D eigenvalue weighted by atomic mass is 35.5. The minimum atomic E-state index is 0.891. The summed E-state index contributed by atoms with van der Waals surface area (Å²) in [7, 11) is 0. The molecule has 0 N–H and O–H groups in total. The molecule has 2 heterocycles. The van der Waals surface area contributed by atoms with Crippen LogP contribution in [0.25, 0.3) is 0 Å². The lowest BCUT2D eigenvalue weighted by molar-refractivity contribution is 0.479. The third kappa shape index (κ3) is 2.56. The zero-order valence-electron chi connectivity index (χ0n) is 7.37. The Kier molecular flexibility index (Phi) is 3.04. The van der Waals surface area contributed by atoms with Crippen LogP contribution in [0.15, 0.2) is 29.2 Å². The van der Waals surface area contributed by atoms with Crippen LogP contribution in [-0.2, 0) is 6.42 Å². The molecular formula is C10H12ClNS. The highest BCUT2D eigenvalue weighted by Gasteiger charge is 2.09. The van der Waals surface area contributed by atoms with Gasteiger partial charge < -0.3 is 0 Å². The topological polar surface area (TPSA) is 3.24 Å². The first kappa shape index (κ1) is 9.25. The summed E-state index contributed by atoms with van der Waals surface area (Å²) in [6.07, 6.45) is 4.47. The van der Waals surface area contributed by atoms with E-state index in [1.54, 1.807) is 0 Å². The SMILES string of the molecule is ClN1CC=C(Cc2cccs2)CC1. The molecule has 0 bridgehead atoms. The summed E-state index contributed by atoms with van der Waals surface area (Å²) in [5.74, 6) is 0. The second kappa shape index (κ2) is 4.27. The van der Waals surface area contributed by atoms with Crippen LogP contribution in [0.5, 0.6) is 0 Å². The van der Waals surface area contributed by atoms with Gasteiger partial charge in [-0.1, -0.05) is 17.7 Å². The fourth-order valence-electron chi connectivity index (χ4n) is 1.48. The average molecular weight is 214 g/mol. The second-order valence-electron chi connectivity index (χ2n) is 3.24. The van der Waals surface area contributed by atoms with Crippen molar-refractivity contribution in [2.45, 2.75) is 12.8 Å². The minimum Gasteiger partial charge on any atom is -0.216 e. The lowest BCUT2D eigenvalue weighted by Crippen LogP contribution is -2.19. The van der Waals surface area contributed by atoms with Gasteiger partial charge >= 0.3 is 0 Å². The van der Waals surface area contributed by atoms with Crippen LogP contribution in [0.2, 0.25) is 0 Å². The minimum absolute atomic E-state index is 0.891. The van der Waals surface area contributed by atoms with E-state index in [2.05, 4.69) is 23.6 Å². The van der Waals surface area contributed by atoms with E-state index in [0.717, 1.165) is 25.9 Å². The van der Waals surface area contributed by atoms with E-state index in [4.69, 9.17) is 11.8 Å². The number of nitrogens with zero attached hydrogens (tertiary/aromatic N) is 1. The standard InChI is InChI=1S/C10H12ClNS/c11-12-5-3-9(4-6-12)8-10-2-1-7-13-10/h1-3,7H,4-6,8H2. The molecule has 1 nitrogen and oxygen atoms in total. The molecule has 0 saturated carbocycles. The van der Waals surface area contributed by atoms with Crippen LogP contribution in [0.1, 0.15) is 11.3 Å². The van der Waals surface area contributed by atoms with Gasteiger partial charge in [0.05, 0.1) is 0 Å². The Morgan fingerprint density at radius 3 is 3.08 bits per heavy atom. The molecule has 13 heavy (non-hydrogen) atoms. The molecule has 0 fully saturated rings. The molecule has 0 aromatic carbocycles. The lowest BCUT2D eigenvalue weighted by Gasteiger charge is -2.18. The normalized spacial score (nSPS) is 18.7. The third-order valence-corrected chi connectivity index (χ3v) is 3.42. The fourth-order valence-corrected chi connectivity index (χ4v) is 2.40. The van der Waals surface area contributed by atoms with Gasteiger partial charge in [-0.05, 0) is 29.6 Å². The highest BCUT2D eigenvalue weighted by molar-refractivity contribution is 7.09. The van der Waals surface area contributed by atoms with Gasteiger partial charge in [-0.3, -0.25) is 0 Å². The van der Waals surface area contributed by atoms with E-state index >= 15 is 0 Å². The molecule has 70 valence electrons. The van der Waals surface area contributed by atoms with Crippen molar-refractivity contribution >= 4 is 23.1 Å². The first-order valence-electron chi connectivity index (χ1n) is 4.45. The summed E-state index contributed by atoms with van der Waals surface area (Å²) < 4.78 is 1.83. The summed E-state index contributed by atoms with van der Waals surface area (Å²) in [6, 6.07) is 4.30. The first-order chi connectivity index (χ1) is 6.34. The third-order valence-electron chi connectivity index (χ3n) is 2.24. The van der Waals surface area contributed by atoms with E-state index in [0.29, 0.717) is 0 Å². The Bertz CT molecular complexity index is 292. The summed E-state index contributed by atoms with van der Waals surface area (Å²) >= 11 is 7.69. The first-order valence-corrected chi connectivity index (χ1v) is 5.67. The van der Waals surface area contributed by atoms with Crippen LogP contribution in [0.3, 0.4) is 0 Å². The molecule has 1 aliphatic heterocycles. The molecule has 0 unspecified atom stereocenters. The van der Waals surface area contributed by atoms with E-state index in [1.807, 2.05) is 15.8 Å². The smallest absolute Gasteiger partial charge is 0.0322 e. The van der Waals surface area contributed by atoms with Crippen molar-refractivity contribution in [3.8, 4) is 0 Å². The zero-order valence-corrected chi connectivity index (χ0v) is 8.94. The number of hydrogen-bond acceptors (Lipinski definition) is 2. The zero-order chi connectivity index (χ0) is 9.10. The Labute approximate surface area is 87.7 Å². The predicted molar refractivity (Wildman–Crippen MR) is 58.1 cm³/mol. The monoisotopic (exact) mass is 213 g/mol. The molecule has 0 saturated heterocycles. The van der Waals surface area contributed by atoms with E-state index in [-0.39, 0.29) is 0 Å². The second-order valence-corrected chi connectivity index (χ2v) is 4.75.